The van der Waals surface area contributed by atoms with Gasteiger partial charge >= 0.3 is 6.18 Å². The summed E-state index contributed by atoms with van der Waals surface area (Å²) in [6, 6.07) is 13.8. The molecule has 1 aliphatic heterocycles. The van der Waals surface area contributed by atoms with Gasteiger partial charge in [-0.25, -0.2) is 4.98 Å². The Morgan fingerprint density at radius 3 is 2.55 bits per heavy atom. The lowest BCUT2D eigenvalue weighted by molar-refractivity contribution is -0.137. The minimum Gasteiger partial charge on any atom is -0.509 e. The number of halogens is 3. The Balaban J connectivity index is 1.48. The highest BCUT2D eigenvalue weighted by Gasteiger charge is 2.31. The molecule has 4 rings (SSSR count). The Labute approximate surface area is 187 Å². The Morgan fingerprint density at radius 2 is 1.85 bits per heavy atom. The van der Waals surface area contributed by atoms with Gasteiger partial charge in [-0.3, -0.25) is 9.69 Å². The molecule has 1 saturated heterocycles. The summed E-state index contributed by atoms with van der Waals surface area (Å²) >= 11 is 0. The largest absolute Gasteiger partial charge is 0.509 e. The molecule has 7 nitrogen and oxygen atoms in total. The third kappa shape index (κ3) is 4.83. The van der Waals surface area contributed by atoms with E-state index in [1.165, 1.54) is 6.07 Å². The zero-order valence-electron chi connectivity index (χ0n) is 17.4. The van der Waals surface area contributed by atoms with E-state index in [-0.39, 0.29) is 23.7 Å². The maximum absolute atomic E-state index is 13.0. The molecule has 0 amide bonds. The van der Waals surface area contributed by atoms with Gasteiger partial charge in [-0.15, -0.1) is 0 Å². The molecular formula is C23H20F3N5O2. The van der Waals surface area contributed by atoms with Gasteiger partial charge in [0.1, 0.15) is 17.4 Å². The van der Waals surface area contributed by atoms with Gasteiger partial charge in [0.15, 0.2) is 5.82 Å². The first kappa shape index (κ1) is 22.4. The fourth-order valence-corrected chi connectivity index (χ4v) is 3.79. The molecule has 170 valence electrons. The summed E-state index contributed by atoms with van der Waals surface area (Å²) in [4.78, 5) is 22.9. The number of para-hydroxylation sites is 1. The van der Waals surface area contributed by atoms with Crippen molar-refractivity contribution in [3.8, 4) is 6.07 Å². The SMILES string of the molecule is N#CC(=C(O)CN1CCN(c2cccc(C(F)(F)F)c2)CC1)c1nc2ccccc2c(=O)[nH]1. The van der Waals surface area contributed by atoms with Crippen molar-refractivity contribution in [1.82, 2.24) is 14.9 Å². The lowest BCUT2D eigenvalue weighted by Gasteiger charge is -2.36. The van der Waals surface area contributed by atoms with Gasteiger partial charge in [-0.2, -0.15) is 18.4 Å². The Morgan fingerprint density at radius 1 is 1.12 bits per heavy atom. The van der Waals surface area contributed by atoms with Crippen LogP contribution in [0.2, 0.25) is 0 Å². The highest BCUT2D eigenvalue weighted by molar-refractivity contribution is 5.81. The number of anilines is 1. The van der Waals surface area contributed by atoms with Crippen LogP contribution >= 0.6 is 0 Å². The number of benzene rings is 2. The normalized spacial score (nSPS) is 15.9. The van der Waals surface area contributed by atoms with Crippen molar-refractivity contribution in [2.75, 3.05) is 37.6 Å². The van der Waals surface area contributed by atoms with E-state index >= 15 is 0 Å². The van der Waals surface area contributed by atoms with E-state index in [0.29, 0.717) is 42.8 Å². The molecule has 0 atom stereocenters. The fourth-order valence-electron chi connectivity index (χ4n) is 3.79. The summed E-state index contributed by atoms with van der Waals surface area (Å²) in [6.07, 6.45) is -4.40. The Bertz CT molecular complexity index is 1300. The molecule has 33 heavy (non-hydrogen) atoms. The molecule has 2 N–H and O–H groups in total. The number of aliphatic hydroxyl groups excluding tert-OH is 1. The Kier molecular flexibility index (Phi) is 6.07. The van der Waals surface area contributed by atoms with Crippen LogP contribution in [-0.4, -0.2) is 52.7 Å². The standard InChI is InChI=1S/C23H20F3N5O2/c24-23(25,26)15-4-3-5-16(12-15)31-10-8-30(9-11-31)14-20(32)18(13-27)21-28-19-7-2-1-6-17(19)22(33)29-21/h1-7,12,32H,8-11,14H2,(H,28,29,33). The number of hydrogen-bond donors (Lipinski definition) is 2. The summed E-state index contributed by atoms with van der Waals surface area (Å²) in [5.41, 5.74) is -0.339. The number of alkyl halides is 3. The number of hydrogen-bond acceptors (Lipinski definition) is 6. The van der Waals surface area contributed by atoms with Gasteiger partial charge in [0.25, 0.3) is 5.56 Å². The van der Waals surface area contributed by atoms with Crippen LogP contribution in [-0.2, 0) is 6.18 Å². The summed E-state index contributed by atoms with van der Waals surface area (Å²) in [7, 11) is 0. The third-order valence-electron chi connectivity index (χ3n) is 5.53. The monoisotopic (exact) mass is 455 g/mol. The van der Waals surface area contributed by atoms with Gasteiger partial charge < -0.3 is 15.0 Å². The zero-order valence-corrected chi connectivity index (χ0v) is 17.4. The highest BCUT2D eigenvalue weighted by atomic mass is 19.4. The van der Waals surface area contributed by atoms with E-state index in [1.54, 1.807) is 30.3 Å². The molecule has 1 aliphatic rings. The summed E-state index contributed by atoms with van der Waals surface area (Å²) < 4.78 is 39.0. The second-order valence-corrected chi connectivity index (χ2v) is 7.68. The number of piperazine rings is 1. The highest BCUT2D eigenvalue weighted by Crippen LogP contribution is 2.32. The van der Waals surface area contributed by atoms with Gasteiger partial charge in [0.05, 0.1) is 23.0 Å². The zero-order chi connectivity index (χ0) is 23.6. The average Bonchev–Trinajstić information content (AvgIpc) is 2.80. The maximum Gasteiger partial charge on any atom is 0.416 e. The number of aromatic amines is 1. The first-order chi connectivity index (χ1) is 15.8. The van der Waals surface area contributed by atoms with Crippen molar-refractivity contribution in [3.63, 3.8) is 0 Å². The van der Waals surface area contributed by atoms with Crippen molar-refractivity contribution in [3.05, 3.63) is 76.0 Å². The molecule has 0 spiro atoms. The van der Waals surface area contributed by atoms with Crippen LogP contribution in [0.15, 0.2) is 59.1 Å². The molecule has 1 fully saturated rings. The van der Waals surface area contributed by atoms with Crippen LogP contribution in [0.3, 0.4) is 0 Å². The first-order valence-corrected chi connectivity index (χ1v) is 10.2. The number of fused-ring (bicyclic) bond motifs is 1. The molecule has 2 aromatic carbocycles. The van der Waals surface area contributed by atoms with Crippen molar-refractivity contribution < 1.29 is 18.3 Å². The number of nitrogens with one attached hydrogen (secondary N) is 1. The number of nitrogens with zero attached hydrogens (tertiary/aromatic N) is 4. The second kappa shape index (κ2) is 8.96. The summed E-state index contributed by atoms with van der Waals surface area (Å²) in [5, 5.41) is 20.6. The van der Waals surface area contributed by atoms with Gasteiger partial charge in [0.2, 0.25) is 0 Å². The van der Waals surface area contributed by atoms with E-state index in [2.05, 4.69) is 9.97 Å². The van der Waals surface area contributed by atoms with Crippen LogP contribution in [0.25, 0.3) is 16.5 Å². The first-order valence-electron chi connectivity index (χ1n) is 10.2. The van der Waals surface area contributed by atoms with E-state index in [1.807, 2.05) is 15.9 Å². The molecule has 2 heterocycles. The van der Waals surface area contributed by atoms with E-state index in [9.17, 15) is 28.3 Å². The minimum atomic E-state index is -4.40. The number of nitriles is 1. The lowest BCUT2D eigenvalue weighted by atomic mass is 10.1. The average molecular weight is 455 g/mol. The molecule has 1 aromatic heterocycles. The molecular weight excluding hydrogens is 435 g/mol. The summed E-state index contributed by atoms with van der Waals surface area (Å²) in [5.74, 6) is -0.246. The van der Waals surface area contributed by atoms with Crippen molar-refractivity contribution in [2.24, 2.45) is 0 Å². The third-order valence-corrected chi connectivity index (χ3v) is 5.53. The molecule has 0 radical (unpaired) electrons. The smallest absolute Gasteiger partial charge is 0.416 e. The number of aromatic nitrogens is 2. The molecule has 3 aromatic rings. The number of rotatable bonds is 4. The van der Waals surface area contributed by atoms with Crippen LogP contribution in [0, 0.1) is 11.3 Å². The van der Waals surface area contributed by atoms with E-state index in [4.69, 9.17) is 0 Å². The predicted octanol–water partition coefficient (Wildman–Crippen LogP) is 3.56. The number of aliphatic hydroxyl groups is 1. The van der Waals surface area contributed by atoms with Crippen molar-refractivity contribution in [1.29, 1.82) is 5.26 Å². The van der Waals surface area contributed by atoms with Gasteiger partial charge in [-0.1, -0.05) is 18.2 Å². The van der Waals surface area contributed by atoms with Gasteiger partial charge in [-0.05, 0) is 30.3 Å². The van der Waals surface area contributed by atoms with Crippen molar-refractivity contribution in [2.45, 2.75) is 6.18 Å². The molecule has 10 heteroatoms. The quantitative estimate of drug-likeness (QED) is 0.461. The topological polar surface area (TPSA) is 96.2 Å². The molecule has 0 unspecified atom stereocenters. The predicted molar refractivity (Wildman–Crippen MR) is 118 cm³/mol. The fraction of sp³-hybridized carbons (Fsp3) is 0.261. The van der Waals surface area contributed by atoms with Crippen LogP contribution in [0.1, 0.15) is 11.4 Å². The maximum atomic E-state index is 13.0. The van der Waals surface area contributed by atoms with Crippen LogP contribution in [0.5, 0.6) is 0 Å². The van der Waals surface area contributed by atoms with Crippen molar-refractivity contribution >= 4 is 22.2 Å². The minimum absolute atomic E-state index is 0.0127. The van der Waals surface area contributed by atoms with E-state index in [0.717, 1.165) is 12.1 Å². The van der Waals surface area contributed by atoms with E-state index < -0.39 is 17.3 Å². The second-order valence-electron chi connectivity index (χ2n) is 7.68. The lowest BCUT2D eigenvalue weighted by Crippen LogP contribution is -2.47. The summed E-state index contributed by atoms with van der Waals surface area (Å²) in [6.45, 7) is 1.92. The molecule has 0 bridgehead atoms. The Hall–Kier alpha value is -3.84. The van der Waals surface area contributed by atoms with Gasteiger partial charge in [0, 0.05) is 31.9 Å². The number of H-pyrrole nitrogens is 1. The molecule has 0 aliphatic carbocycles. The number of allylic oxidation sites excluding steroid dienone is 1. The molecule has 0 saturated carbocycles. The van der Waals surface area contributed by atoms with Crippen LogP contribution < -0.4 is 10.5 Å². The van der Waals surface area contributed by atoms with Crippen LogP contribution in [0.4, 0.5) is 18.9 Å².